The van der Waals surface area contributed by atoms with Crippen molar-refractivity contribution < 1.29 is 17.9 Å². The number of nitrogens with zero attached hydrogens (tertiary/aromatic N) is 2. The first kappa shape index (κ1) is 15.0. The predicted molar refractivity (Wildman–Crippen MR) is 71.6 cm³/mol. The van der Waals surface area contributed by atoms with E-state index in [4.69, 9.17) is 16.3 Å². The van der Waals surface area contributed by atoms with Crippen molar-refractivity contribution in [3.8, 4) is 0 Å². The highest BCUT2D eigenvalue weighted by molar-refractivity contribution is 7.89. The highest BCUT2D eigenvalue weighted by Gasteiger charge is 2.32. The molecule has 0 saturated carbocycles. The molecule has 0 spiro atoms. The maximum Gasteiger partial charge on any atom is 0.251 e. The number of halogens is 1. The lowest BCUT2D eigenvalue weighted by Crippen LogP contribution is -2.53. The molecule has 2 aliphatic heterocycles. The van der Waals surface area contributed by atoms with Gasteiger partial charge in [-0.3, -0.25) is 4.79 Å². The topological polar surface area (TPSA) is 66.9 Å². The van der Waals surface area contributed by atoms with Crippen LogP contribution < -0.4 is 0 Å². The lowest BCUT2D eigenvalue weighted by Gasteiger charge is -2.34. The van der Waals surface area contributed by atoms with Gasteiger partial charge < -0.3 is 9.64 Å². The molecule has 2 rings (SSSR count). The number of carbonyl (C=O) groups excluding carboxylic acids is 1. The summed E-state index contributed by atoms with van der Waals surface area (Å²) in [7, 11) is -3.27. The van der Waals surface area contributed by atoms with Gasteiger partial charge in [-0.2, -0.15) is 4.31 Å². The Bertz CT molecular complexity index is 414. The van der Waals surface area contributed by atoms with Crippen molar-refractivity contribution in [2.75, 3.05) is 44.4 Å². The lowest BCUT2D eigenvalue weighted by molar-refractivity contribution is -0.142. The number of sulfonamides is 1. The lowest BCUT2D eigenvalue weighted by atomic mass is 10.2. The standard InChI is InChI=1S/C11H19ClN2O4S/c12-3-9-19(16,17)14-6-4-13(5-7-14)11(15)10-2-1-8-18-10/h10H,1-9H2. The van der Waals surface area contributed by atoms with E-state index in [-0.39, 0.29) is 23.6 Å². The SMILES string of the molecule is O=C(C1CCCO1)N1CCN(S(=O)(=O)CCCl)CC1. The first-order chi connectivity index (χ1) is 9.04. The second-order valence-corrected chi connectivity index (χ2v) is 7.20. The van der Waals surface area contributed by atoms with Crippen LogP contribution in [0, 0.1) is 0 Å². The number of piperazine rings is 1. The smallest absolute Gasteiger partial charge is 0.251 e. The molecule has 110 valence electrons. The molecule has 2 heterocycles. The number of carbonyl (C=O) groups is 1. The molecular weight excluding hydrogens is 292 g/mol. The zero-order chi connectivity index (χ0) is 13.9. The molecule has 0 N–H and O–H groups in total. The number of hydrogen-bond donors (Lipinski definition) is 0. The summed E-state index contributed by atoms with van der Waals surface area (Å²) in [6, 6.07) is 0. The number of alkyl halides is 1. The zero-order valence-corrected chi connectivity index (χ0v) is 12.3. The number of rotatable bonds is 4. The number of hydrogen-bond acceptors (Lipinski definition) is 4. The Morgan fingerprint density at radius 2 is 1.95 bits per heavy atom. The van der Waals surface area contributed by atoms with Gasteiger partial charge in [0.25, 0.3) is 5.91 Å². The van der Waals surface area contributed by atoms with E-state index in [0.717, 1.165) is 12.8 Å². The Hall–Kier alpha value is -0.370. The van der Waals surface area contributed by atoms with Gasteiger partial charge in [-0.25, -0.2) is 8.42 Å². The van der Waals surface area contributed by atoms with Gasteiger partial charge in [-0.15, -0.1) is 11.6 Å². The normalized spacial score (nSPS) is 25.7. The van der Waals surface area contributed by atoms with Crippen molar-refractivity contribution in [2.45, 2.75) is 18.9 Å². The third kappa shape index (κ3) is 3.59. The molecule has 0 bridgehead atoms. The molecule has 0 aromatic rings. The maximum absolute atomic E-state index is 12.1. The van der Waals surface area contributed by atoms with Crippen molar-refractivity contribution in [1.29, 1.82) is 0 Å². The van der Waals surface area contributed by atoms with E-state index in [2.05, 4.69) is 0 Å². The molecular formula is C11H19ClN2O4S. The van der Waals surface area contributed by atoms with Crippen molar-refractivity contribution >= 4 is 27.5 Å². The third-order valence-corrected chi connectivity index (χ3v) is 5.77. The summed E-state index contributed by atoms with van der Waals surface area (Å²) >= 11 is 5.48. The van der Waals surface area contributed by atoms with Crippen LogP contribution in [0.1, 0.15) is 12.8 Å². The van der Waals surface area contributed by atoms with Gasteiger partial charge in [0.15, 0.2) is 0 Å². The van der Waals surface area contributed by atoms with Crippen LogP contribution in [0.3, 0.4) is 0 Å². The van der Waals surface area contributed by atoms with Crippen LogP contribution in [0.5, 0.6) is 0 Å². The maximum atomic E-state index is 12.1. The zero-order valence-electron chi connectivity index (χ0n) is 10.8. The molecule has 2 saturated heterocycles. The summed E-state index contributed by atoms with van der Waals surface area (Å²) in [6.07, 6.45) is 1.36. The van der Waals surface area contributed by atoms with E-state index in [9.17, 15) is 13.2 Å². The summed E-state index contributed by atoms with van der Waals surface area (Å²) in [4.78, 5) is 13.8. The van der Waals surface area contributed by atoms with Crippen LogP contribution >= 0.6 is 11.6 Å². The minimum Gasteiger partial charge on any atom is -0.368 e. The minimum absolute atomic E-state index is 0.00751. The third-order valence-electron chi connectivity index (χ3n) is 3.48. The molecule has 19 heavy (non-hydrogen) atoms. The van der Waals surface area contributed by atoms with Gasteiger partial charge in [0.2, 0.25) is 10.0 Å². The first-order valence-electron chi connectivity index (χ1n) is 6.49. The van der Waals surface area contributed by atoms with Gasteiger partial charge in [0, 0.05) is 38.7 Å². The Labute approximate surface area is 118 Å². The fourth-order valence-corrected chi connectivity index (χ4v) is 4.15. The largest absolute Gasteiger partial charge is 0.368 e. The van der Waals surface area contributed by atoms with Crippen molar-refractivity contribution in [3.63, 3.8) is 0 Å². The van der Waals surface area contributed by atoms with Crippen LogP contribution in [0.4, 0.5) is 0 Å². The molecule has 8 heteroatoms. The van der Waals surface area contributed by atoms with Crippen LogP contribution in [0.15, 0.2) is 0 Å². The molecule has 0 aromatic carbocycles. The molecule has 2 aliphatic rings. The van der Waals surface area contributed by atoms with E-state index < -0.39 is 10.0 Å². The second kappa shape index (κ2) is 6.39. The quantitative estimate of drug-likeness (QED) is 0.679. The Kier molecular flexibility index (Phi) is 5.05. The molecule has 0 aromatic heterocycles. The Morgan fingerprint density at radius 1 is 1.26 bits per heavy atom. The van der Waals surface area contributed by atoms with Gasteiger partial charge >= 0.3 is 0 Å². The second-order valence-electron chi connectivity index (χ2n) is 4.73. The average molecular weight is 311 g/mol. The summed E-state index contributed by atoms with van der Waals surface area (Å²) in [6.45, 7) is 2.19. The number of amides is 1. The molecule has 0 aliphatic carbocycles. The molecule has 1 amide bonds. The predicted octanol–water partition coefficient (Wildman–Crippen LogP) is -0.122. The summed E-state index contributed by atoms with van der Waals surface area (Å²) in [5, 5.41) is 0. The van der Waals surface area contributed by atoms with E-state index in [0.29, 0.717) is 32.8 Å². The van der Waals surface area contributed by atoms with Crippen LogP contribution in [-0.2, 0) is 19.6 Å². The van der Waals surface area contributed by atoms with E-state index in [1.54, 1.807) is 4.90 Å². The minimum atomic E-state index is -3.27. The van der Waals surface area contributed by atoms with Crippen molar-refractivity contribution in [3.05, 3.63) is 0 Å². The summed E-state index contributed by atoms with van der Waals surface area (Å²) in [5.41, 5.74) is 0. The number of ether oxygens (including phenoxy) is 1. The molecule has 2 fully saturated rings. The first-order valence-corrected chi connectivity index (χ1v) is 8.63. The van der Waals surface area contributed by atoms with Gasteiger partial charge in [0.05, 0.1) is 5.75 Å². The van der Waals surface area contributed by atoms with Gasteiger partial charge in [0.1, 0.15) is 6.10 Å². The highest BCUT2D eigenvalue weighted by atomic mass is 35.5. The van der Waals surface area contributed by atoms with Gasteiger partial charge in [-0.05, 0) is 12.8 Å². The fourth-order valence-electron chi connectivity index (χ4n) is 2.39. The molecule has 6 nitrogen and oxygen atoms in total. The monoisotopic (exact) mass is 310 g/mol. The molecule has 1 unspecified atom stereocenters. The summed E-state index contributed by atoms with van der Waals surface area (Å²) < 4.78 is 30.4. The van der Waals surface area contributed by atoms with Crippen molar-refractivity contribution in [2.24, 2.45) is 0 Å². The molecule has 1 atom stereocenters. The van der Waals surface area contributed by atoms with Crippen LogP contribution in [-0.4, -0.2) is 74.1 Å². The summed E-state index contributed by atoms with van der Waals surface area (Å²) in [5.74, 6) is 0.0397. The highest BCUT2D eigenvalue weighted by Crippen LogP contribution is 2.16. The Morgan fingerprint density at radius 3 is 2.47 bits per heavy atom. The fraction of sp³-hybridized carbons (Fsp3) is 0.909. The molecule has 0 radical (unpaired) electrons. The average Bonchev–Trinajstić information content (AvgIpc) is 2.92. The van der Waals surface area contributed by atoms with Crippen LogP contribution in [0.2, 0.25) is 0 Å². The van der Waals surface area contributed by atoms with E-state index in [1.165, 1.54) is 4.31 Å². The van der Waals surface area contributed by atoms with Crippen LogP contribution in [0.25, 0.3) is 0 Å². The van der Waals surface area contributed by atoms with E-state index >= 15 is 0 Å². The van der Waals surface area contributed by atoms with E-state index in [1.807, 2.05) is 0 Å². The van der Waals surface area contributed by atoms with Gasteiger partial charge in [-0.1, -0.05) is 0 Å². The Balaban J connectivity index is 1.87. The van der Waals surface area contributed by atoms with Crippen molar-refractivity contribution in [1.82, 2.24) is 9.21 Å².